The number of carbonyl (C=O) groups excluding carboxylic acids is 1. The highest BCUT2D eigenvalue weighted by Gasteiger charge is 2.39. The van der Waals surface area contributed by atoms with E-state index in [1.807, 2.05) is 0 Å². The van der Waals surface area contributed by atoms with Crippen LogP contribution < -0.4 is 0 Å². The molecule has 0 N–H and O–H groups in total. The third kappa shape index (κ3) is 1.67. The lowest BCUT2D eigenvalue weighted by Gasteiger charge is -2.29. The SMILES string of the molecule is CC(=O)[C@]1(C)SCCC[S@]1=O. The maximum Gasteiger partial charge on any atom is 0.158 e. The molecule has 11 heavy (non-hydrogen) atoms. The van der Waals surface area contributed by atoms with E-state index in [-0.39, 0.29) is 5.78 Å². The third-order valence-corrected chi connectivity index (χ3v) is 5.98. The van der Waals surface area contributed by atoms with Gasteiger partial charge in [0.2, 0.25) is 0 Å². The van der Waals surface area contributed by atoms with Gasteiger partial charge in [-0.2, -0.15) is 0 Å². The summed E-state index contributed by atoms with van der Waals surface area (Å²) in [4.78, 5) is 11.1. The molecule has 64 valence electrons. The predicted molar refractivity (Wildman–Crippen MR) is 49.2 cm³/mol. The second-order valence-corrected chi connectivity index (χ2v) is 6.44. The van der Waals surface area contributed by atoms with E-state index in [4.69, 9.17) is 0 Å². The topological polar surface area (TPSA) is 34.1 Å². The quantitative estimate of drug-likeness (QED) is 0.625. The molecule has 0 amide bonds. The Morgan fingerprint density at radius 3 is 2.64 bits per heavy atom. The van der Waals surface area contributed by atoms with Crippen LogP contribution in [0, 0.1) is 0 Å². The largest absolute Gasteiger partial charge is 0.297 e. The van der Waals surface area contributed by atoms with Crippen molar-refractivity contribution in [3.63, 3.8) is 0 Å². The first-order valence-corrected chi connectivity index (χ1v) is 5.91. The molecule has 0 aromatic heterocycles. The molecule has 1 saturated heterocycles. The summed E-state index contributed by atoms with van der Waals surface area (Å²) in [5, 5.41) is 0. The minimum absolute atomic E-state index is 0.0422. The zero-order chi connectivity index (χ0) is 8.48. The Balaban J connectivity index is 2.81. The summed E-state index contributed by atoms with van der Waals surface area (Å²) in [7, 11) is -0.960. The Bertz CT molecular complexity index is 203. The summed E-state index contributed by atoms with van der Waals surface area (Å²) in [5.41, 5.74) is 0. The Hall–Kier alpha value is 0.170. The Labute approximate surface area is 73.6 Å². The van der Waals surface area contributed by atoms with Gasteiger partial charge in [0.25, 0.3) is 0 Å². The smallest absolute Gasteiger partial charge is 0.158 e. The van der Waals surface area contributed by atoms with Crippen LogP contribution in [-0.2, 0) is 15.6 Å². The fourth-order valence-corrected chi connectivity index (χ4v) is 4.19. The first kappa shape index (κ1) is 9.26. The van der Waals surface area contributed by atoms with Gasteiger partial charge in [-0.15, -0.1) is 11.8 Å². The summed E-state index contributed by atoms with van der Waals surface area (Å²) in [6.07, 6.45) is 0.972. The van der Waals surface area contributed by atoms with Crippen molar-refractivity contribution in [3.05, 3.63) is 0 Å². The number of hydrogen-bond acceptors (Lipinski definition) is 3. The average molecular weight is 192 g/mol. The maximum atomic E-state index is 11.4. The Morgan fingerprint density at radius 2 is 2.27 bits per heavy atom. The molecule has 1 aliphatic heterocycles. The van der Waals surface area contributed by atoms with Gasteiger partial charge >= 0.3 is 0 Å². The van der Waals surface area contributed by atoms with Crippen LogP contribution in [0.25, 0.3) is 0 Å². The maximum absolute atomic E-state index is 11.4. The molecule has 4 heteroatoms. The van der Waals surface area contributed by atoms with Crippen molar-refractivity contribution in [2.75, 3.05) is 11.5 Å². The molecule has 1 aliphatic rings. The van der Waals surface area contributed by atoms with E-state index in [1.54, 1.807) is 6.92 Å². The lowest BCUT2D eigenvalue weighted by molar-refractivity contribution is -0.117. The van der Waals surface area contributed by atoms with E-state index >= 15 is 0 Å². The molecule has 0 saturated carbocycles. The minimum atomic E-state index is -0.960. The van der Waals surface area contributed by atoms with Gasteiger partial charge in [0.1, 0.15) is 4.08 Å². The van der Waals surface area contributed by atoms with Crippen molar-refractivity contribution in [1.82, 2.24) is 0 Å². The van der Waals surface area contributed by atoms with Gasteiger partial charge in [-0.3, -0.25) is 9.00 Å². The van der Waals surface area contributed by atoms with Gasteiger partial charge in [0, 0.05) is 16.6 Å². The number of thioether (sulfide) groups is 1. The molecule has 0 spiro atoms. The van der Waals surface area contributed by atoms with E-state index in [0.717, 1.165) is 12.2 Å². The molecule has 1 rings (SSSR count). The predicted octanol–water partition coefficient (Wildman–Crippen LogP) is 1.18. The molecule has 0 unspecified atom stereocenters. The van der Waals surface area contributed by atoms with Gasteiger partial charge in [-0.05, 0) is 26.0 Å². The molecule has 0 bridgehead atoms. The fourth-order valence-electron chi connectivity index (χ4n) is 0.979. The zero-order valence-electron chi connectivity index (χ0n) is 6.75. The van der Waals surface area contributed by atoms with E-state index in [2.05, 4.69) is 0 Å². The normalized spacial score (nSPS) is 38.5. The summed E-state index contributed by atoms with van der Waals surface area (Å²) >= 11 is 1.53. The number of carbonyl (C=O) groups is 1. The number of ketones is 1. The monoisotopic (exact) mass is 192 g/mol. The van der Waals surface area contributed by atoms with Crippen LogP contribution in [0.4, 0.5) is 0 Å². The van der Waals surface area contributed by atoms with Crippen molar-refractivity contribution < 1.29 is 9.00 Å². The highest BCUT2D eigenvalue weighted by atomic mass is 32.2. The first-order valence-electron chi connectivity index (χ1n) is 3.61. The summed E-state index contributed by atoms with van der Waals surface area (Å²) in [6.45, 7) is 3.31. The van der Waals surface area contributed by atoms with Gasteiger partial charge in [0.15, 0.2) is 5.78 Å². The lowest BCUT2D eigenvalue weighted by atomic mass is 10.3. The van der Waals surface area contributed by atoms with Crippen LogP contribution in [0.15, 0.2) is 0 Å². The first-order chi connectivity index (χ1) is 5.07. The van der Waals surface area contributed by atoms with Crippen molar-refractivity contribution in [1.29, 1.82) is 0 Å². The lowest BCUT2D eigenvalue weighted by Crippen LogP contribution is -2.39. The molecule has 1 heterocycles. The highest BCUT2D eigenvalue weighted by molar-refractivity contribution is 8.14. The number of Topliss-reactive ketones (excluding diaryl/α,β-unsaturated/α-hetero) is 1. The molecule has 0 radical (unpaired) electrons. The Morgan fingerprint density at radius 1 is 1.64 bits per heavy atom. The van der Waals surface area contributed by atoms with Crippen LogP contribution in [0.3, 0.4) is 0 Å². The number of hydrogen-bond donors (Lipinski definition) is 0. The summed E-state index contributed by atoms with van der Waals surface area (Å²) in [6, 6.07) is 0. The highest BCUT2D eigenvalue weighted by Crippen LogP contribution is 2.34. The standard InChI is InChI=1S/C7H12O2S2/c1-6(8)7(2)10-4-3-5-11(7)9/h3-5H2,1-2H3/t7-,11-/m1/s1. The van der Waals surface area contributed by atoms with Gasteiger partial charge < -0.3 is 0 Å². The van der Waals surface area contributed by atoms with E-state index in [9.17, 15) is 9.00 Å². The molecule has 2 nitrogen and oxygen atoms in total. The molecule has 1 fully saturated rings. The van der Waals surface area contributed by atoms with Crippen molar-refractivity contribution in [2.45, 2.75) is 24.3 Å². The fraction of sp³-hybridized carbons (Fsp3) is 0.857. The summed E-state index contributed by atoms with van der Waals surface area (Å²) < 4.78 is 10.8. The van der Waals surface area contributed by atoms with Crippen LogP contribution in [0.5, 0.6) is 0 Å². The Kier molecular flexibility index (Phi) is 2.75. The third-order valence-electron chi connectivity index (χ3n) is 1.93. The molecule has 0 aliphatic carbocycles. The van der Waals surface area contributed by atoms with Gasteiger partial charge in [-0.1, -0.05) is 0 Å². The van der Waals surface area contributed by atoms with Crippen LogP contribution in [-0.4, -0.2) is 25.6 Å². The van der Waals surface area contributed by atoms with E-state index in [1.165, 1.54) is 18.7 Å². The molecule has 2 atom stereocenters. The summed E-state index contributed by atoms with van der Waals surface area (Å²) in [5.74, 6) is 1.69. The van der Waals surface area contributed by atoms with Crippen LogP contribution >= 0.6 is 11.8 Å². The van der Waals surface area contributed by atoms with E-state index < -0.39 is 14.9 Å². The van der Waals surface area contributed by atoms with Crippen LogP contribution in [0.2, 0.25) is 0 Å². The van der Waals surface area contributed by atoms with Crippen molar-refractivity contribution >= 4 is 28.3 Å². The molecular weight excluding hydrogens is 180 g/mol. The molecular formula is C7H12O2S2. The average Bonchev–Trinajstić information content (AvgIpc) is 1.95. The second-order valence-electron chi connectivity index (χ2n) is 2.75. The van der Waals surface area contributed by atoms with Gasteiger partial charge in [-0.25, -0.2) is 0 Å². The minimum Gasteiger partial charge on any atom is -0.297 e. The van der Waals surface area contributed by atoms with Crippen LogP contribution in [0.1, 0.15) is 20.3 Å². The second kappa shape index (κ2) is 3.27. The molecule has 0 aromatic carbocycles. The van der Waals surface area contributed by atoms with Crippen molar-refractivity contribution in [2.24, 2.45) is 0 Å². The zero-order valence-corrected chi connectivity index (χ0v) is 8.39. The number of rotatable bonds is 1. The van der Waals surface area contributed by atoms with Gasteiger partial charge in [0.05, 0.1) is 0 Å². The van der Waals surface area contributed by atoms with Crippen molar-refractivity contribution in [3.8, 4) is 0 Å². The van der Waals surface area contributed by atoms with E-state index in [0.29, 0.717) is 5.75 Å². The molecule has 0 aromatic rings.